The number of hydrogen-bond acceptors (Lipinski definition) is 3. The molecule has 4 nitrogen and oxygen atoms in total. The Morgan fingerprint density at radius 2 is 2.09 bits per heavy atom. The molecular formula is C15H19F3N2O2. The minimum atomic E-state index is -4.43. The Bertz CT molecular complexity index is 532. The maximum Gasteiger partial charge on any atom is 0.411 e. The number of fused-ring (bicyclic) bond motifs is 1. The number of halogens is 3. The van der Waals surface area contributed by atoms with E-state index in [2.05, 4.69) is 10.1 Å². The van der Waals surface area contributed by atoms with Gasteiger partial charge in [0.15, 0.2) is 0 Å². The summed E-state index contributed by atoms with van der Waals surface area (Å²) >= 11 is 0. The van der Waals surface area contributed by atoms with E-state index in [4.69, 9.17) is 0 Å². The van der Waals surface area contributed by atoms with Crippen LogP contribution in [0, 0.1) is 5.92 Å². The molecule has 1 aliphatic rings. The summed E-state index contributed by atoms with van der Waals surface area (Å²) in [5, 5.41) is 3.35. The monoisotopic (exact) mass is 316 g/mol. The van der Waals surface area contributed by atoms with Crippen molar-refractivity contribution in [1.29, 1.82) is 0 Å². The smallest absolute Gasteiger partial charge is 0.379 e. The van der Waals surface area contributed by atoms with Gasteiger partial charge in [-0.15, -0.1) is 0 Å². The lowest BCUT2D eigenvalue weighted by Crippen LogP contribution is -2.48. The maximum absolute atomic E-state index is 12.2. The van der Waals surface area contributed by atoms with Gasteiger partial charge in [-0.3, -0.25) is 4.79 Å². The van der Waals surface area contributed by atoms with E-state index in [-0.39, 0.29) is 12.0 Å². The van der Waals surface area contributed by atoms with E-state index >= 15 is 0 Å². The summed E-state index contributed by atoms with van der Waals surface area (Å²) in [7, 11) is 0. The number of carbonyl (C=O) groups is 1. The lowest BCUT2D eigenvalue weighted by molar-refractivity contribution is -0.175. The van der Waals surface area contributed by atoms with E-state index in [1.807, 2.05) is 26.0 Å². The molecule has 1 heterocycles. The number of benzene rings is 1. The highest BCUT2D eigenvalue weighted by atomic mass is 19.4. The number of carbonyl (C=O) groups excluding carboxylic acids is 1. The summed E-state index contributed by atoms with van der Waals surface area (Å²) in [6.45, 7) is 2.45. The molecule has 0 aromatic heterocycles. The van der Waals surface area contributed by atoms with Crippen molar-refractivity contribution in [3.63, 3.8) is 0 Å². The molecule has 1 N–H and O–H groups in total. The molecule has 1 atom stereocenters. The van der Waals surface area contributed by atoms with Crippen LogP contribution in [0.1, 0.15) is 13.8 Å². The van der Waals surface area contributed by atoms with Crippen LogP contribution in [0.5, 0.6) is 0 Å². The van der Waals surface area contributed by atoms with Crippen molar-refractivity contribution >= 4 is 17.3 Å². The van der Waals surface area contributed by atoms with Gasteiger partial charge in [-0.2, -0.15) is 13.2 Å². The van der Waals surface area contributed by atoms with Crippen molar-refractivity contribution < 1.29 is 22.7 Å². The first-order valence-electron chi connectivity index (χ1n) is 7.08. The van der Waals surface area contributed by atoms with E-state index in [0.29, 0.717) is 12.2 Å². The van der Waals surface area contributed by atoms with Crippen molar-refractivity contribution in [1.82, 2.24) is 0 Å². The highest BCUT2D eigenvalue weighted by molar-refractivity contribution is 5.98. The van der Waals surface area contributed by atoms with Crippen LogP contribution in [-0.4, -0.2) is 37.9 Å². The SMILES string of the molecule is CC(C)[C@@H]1CN(C(=O)COCC(F)(F)F)c2ccccc2N1. The zero-order valence-corrected chi connectivity index (χ0v) is 12.5. The van der Waals surface area contributed by atoms with Gasteiger partial charge in [0.2, 0.25) is 0 Å². The minimum absolute atomic E-state index is 0.0430. The largest absolute Gasteiger partial charge is 0.411 e. The molecule has 0 radical (unpaired) electrons. The molecule has 2 rings (SSSR count). The topological polar surface area (TPSA) is 41.6 Å². The highest BCUT2D eigenvalue weighted by Gasteiger charge is 2.31. The Kier molecular flexibility index (Phi) is 4.95. The van der Waals surface area contributed by atoms with Crippen LogP contribution >= 0.6 is 0 Å². The van der Waals surface area contributed by atoms with Gasteiger partial charge in [0, 0.05) is 12.6 Å². The molecule has 1 aromatic rings. The van der Waals surface area contributed by atoms with Crippen molar-refractivity contribution in [2.24, 2.45) is 5.92 Å². The van der Waals surface area contributed by atoms with E-state index in [9.17, 15) is 18.0 Å². The second-order valence-corrected chi connectivity index (χ2v) is 5.62. The van der Waals surface area contributed by atoms with Gasteiger partial charge in [0.25, 0.3) is 5.91 Å². The average Bonchev–Trinajstić information content (AvgIpc) is 2.44. The molecule has 122 valence electrons. The zero-order valence-electron chi connectivity index (χ0n) is 12.5. The first-order chi connectivity index (χ1) is 10.3. The Balaban J connectivity index is 2.09. The fourth-order valence-corrected chi connectivity index (χ4v) is 2.32. The van der Waals surface area contributed by atoms with E-state index < -0.39 is 25.3 Å². The minimum Gasteiger partial charge on any atom is -0.379 e. The Morgan fingerprint density at radius 1 is 1.41 bits per heavy atom. The molecule has 1 amide bonds. The fourth-order valence-electron chi connectivity index (χ4n) is 2.32. The fraction of sp³-hybridized carbons (Fsp3) is 0.533. The molecule has 0 saturated carbocycles. The number of nitrogens with one attached hydrogen (secondary N) is 1. The summed E-state index contributed by atoms with van der Waals surface area (Å²) in [6.07, 6.45) is -4.43. The van der Waals surface area contributed by atoms with Crippen LogP contribution in [-0.2, 0) is 9.53 Å². The van der Waals surface area contributed by atoms with Gasteiger partial charge in [0.05, 0.1) is 11.4 Å². The normalized spacial score (nSPS) is 18.1. The number of anilines is 2. The van der Waals surface area contributed by atoms with E-state index in [1.165, 1.54) is 4.90 Å². The van der Waals surface area contributed by atoms with Crippen molar-refractivity contribution in [3.8, 4) is 0 Å². The molecule has 1 aromatic carbocycles. The number of hydrogen-bond donors (Lipinski definition) is 1. The third-order valence-electron chi connectivity index (χ3n) is 3.51. The van der Waals surface area contributed by atoms with Crippen LogP contribution in [0.4, 0.5) is 24.5 Å². The van der Waals surface area contributed by atoms with Crippen LogP contribution in [0.3, 0.4) is 0 Å². The molecular weight excluding hydrogens is 297 g/mol. The standard InChI is InChI=1S/C15H19F3N2O2/c1-10(2)12-7-20(13-6-4-3-5-11(13)19-12)14(21)8-22-9-15(16,17)18/h3-6,10,12,19H,7-9H2,1-2H3/t12-/m0/s1. The van der Waals surface area contributed by atoms with Gasteiger partial charge >= 0.3 is 6.18 Å². The molecule has 0 saturated heterocycles. The summed E-state index contributed by atoms with van der Waals surface area (Å²) in [6, 6.07) is 7.28. The van der Waals surface area contributed by atoms with Gasteiger partial charge in [-0.25, -0.2) is 0 Å². The molecule has 22 heavy (non-hydrogen) atoms. The molecule has 0 unspecified atom stereocenters. The van der Waals surface area contributed by atoms with E-state index in [0.717, 1.165) is 5.69 Å². The summed E-state index contributed by atoms with van der Waals surface area (Å²) < 4.78 is 40.8. The predicted octanol–water partition coefficient (Wildman–Crippen LogP) is 3.05. The Labute approximate surface area is 127 Å². The third kappa shape index (κ3) is 4.13. The van der Waals surface area contributed by atoms with Crippen LogP contribution in [0.15, 0.2) is 24.3 Å². The maximum atomic E-state index is 12.2. The zero-order chi connectivity index (χ0) is 16.3. The molecule has 7 heteroatoms. The van der Waals surface area contributed by atoms with Gasteiger partial charge in [-0.1, -0.05) is 26.0 Å². The molecule has 0 aliphatic carbocycles. The quantitative estimate of drug-likeness (QED) is 0.928. The van der Waals surface area contributed by atoms with Gasteiger partial charge < -0.3 is 15.0 Å². The van der Waals surface area contributed by atoms with Crippen LogP contribution in [0.2, 0.25) is 0 Å². The van der Waals surface area contributed by atoms with E-state index in [1.54, 1.807) is 12.1 Å². The molecule has 1 aliphatic heterocycles. The van der Waals surface area contributed by atoms with Gasteiger partial charge in [-0.05, 0) is 18.1 Å². The first-order valence-corrected chi connectivity index (χ1v) is 7.08. The lowest BCUT2D eigenvalue weighted by Gasteiger charge is -2.37. The number of nitrogens with zero attached hydrogens (tertiary/aromatic N) is 1. The number of amides is 1. The second kappa shape index (κ2) is 6.56. The predicted molar refractivity (Wildman–Crippen MR) is 77.9 cm³/mol. The molecule has 0 bridgehead atoms. The number of para-hydroxylation sites is 2. The van der Waals surface area contributed by atoms with Crippen LogP contribution < -0.4 is 10.2 Å². The second-order valence-electron chi connectivity index (χ2n) is 5.62. The number of ether oxygens (including phenoxy) is 1. The third-order valence-corrected chi connectivity index (χ3v) is 3.51. The average molecular weight is 316 g/mol. The number of alkyl halides is 3. The molecule has 0 fully saturated rings. The Morgan fingerprint density at radius 3 is 2.73 bits per heavy atom. The van der Waals surface area contributed by atoms with Crippen molar-refractivity contribution in [2.75, 3.05) is 30.0 Å². The van der Waals surface area contributed by atoms with Crippen LogP contribution in [0.25, 0.3) is 0 Å². The Hall–Kier alpha value is -1.76. The van der Waals surface area contributed by atoms with Gasteiger partial charge in [0.1, 0.15) is 13.2 Å². The van der Waals surface area contributed by atoms with Crippen molar-refractivity contribution in [3.05, 3.63) is 24.3 Å². The number of rotatable bonds is 4. The summed E-state index contributed by atoms with van der Waals surface area (Å²) in [5.74, 6) is -0.191. The first kappa shape index (κ1) is 16.6. The highest BCUT2D eigenvalue weighted by Crippen LogP contribution is 2.32. The van der Waals surface area contributed by atoms with Crippen molar-refractivity contribution in [2.45, 2.75) is 26.1 Å². The summed E-state index contributed by atoms with van der Waals surface area (Å²) in [5.41, 5.74) is 1.47. The summed E-state index contributed by atoms with van der Waals surface area (Å²) in [4.78, 5) is 13.7. The molecule has 0 spiro atoms. The lowest BCUT2D eigenvalue weighted by atomic mass is 10.00.